The molecule has 36 heavy (non-hydrogen) atoms. The molecule has 1 saturated heterocycles. The number of pyridine rings is 1. The molecule has 1 aliphatic rings. The number of nitriles is 1. The van der Waals surface area contributed by atoms with E-state index in [0.29, 0.717) is 5.56 Å². The summed E-state index contributed by atoms with van der Waals surface area (Å²) in [5.74, 6) is -3.17. The van der Waals surface area contributed by atoms with Crippen LogP contribution >= 0.6 is 11.8 Å². The molecular weight excluding hydrogens is 496 g/mol. The van der Waals surface area contributed by atoms with Crippen molar-refractivity contribution in [3.05, 3.63) is 22.9 Å². The molecule has 0 saturated carbocycles. The Morgan fingerprint density at radius 3 is 2.00 bits per heavy atom. The Bertz CT molecular complexity index is 1100. The van der Waals surface area contributed by atoms with E-state index in [1.54, 1.807) is 6.92 Å². The smallest absolute Gasteiger partial charge is 0.303 e. The number of hydrogen-bond donors (Lipinski definition) is 0. The normalized spacial score (nSPS) is 23.1. The number of ether oxygens (including phenoxy) is 5. The highest BCUT2D eigenvalue weighted by Crippen LogP contribution is 2.38. The molecule has 0 unspecified atom stereocenters. The number of esters is 4. The summed E-state index contributed by atoms with van der Waals surface area (Å²) in [5, 5.41) is 9.88. The lowest BCUT2D eigenvalue weighted by molar-refractivity contribution is -0.237. The van der Waals surface area contributed by atoms with Gasteiger partial charge < -0.3 is 23.7 Å². The Morgan fingerprint density at radius 2 is 1.50 bits per heavy atom. The van der Waals surface area contributed by atoms with Crippen LogP contribution in [-0.4, -0.2) is 71.1 Å². The highest BCUT2D eigenvalue weighted by Gasteiger charge is 2.52. The molecule has 0 aliphatic carbocycles. The first kappa shape index (κ1) is 28.7. The van der Waals surface area contributed by atoms with Crippen molar-refractivity contribution < 1.29 is 47.7 Å². The third kappa shape index (κ3) is 7.25. The Morgan fingerprint density at radius 1 is 0.944 bits per heavy atom. The van der Waals surface area contributed by atoms with Crippen molar-refractivity contribution in [2.45, 2.75) is 76.4 Å². The average Bonchev–Trinajstić information content (AvgIpc) is 2.75. The molecule has 1 fully saturated rings. The van der Waals surface area contributed by atoms with Gasteiger partial charge in [-0.1, -0.05) is 11.8 Å². The summed E-state index contributed by atoms with van der Waals surface area (Å²) in [5.41, 5.74) is -0.390. The number of carbonyl (C=O) groups is 5. The van der Waals surface area contributed by atoms with E-state index in [1.165, 1.54) is 20.0 Å². The number of rotatable bonds is 8. The Balaban J connectivity index is 2.58. The van der Waals surface area contributed by atoms with Crippen LogP contribution in [0.1, 0.15) is 56.1 Å². The van der Waals surface area contributed by atoms with Crippen LogP contribution < -0.4 is 0 Å². The number of thioether (sulfide) groups is 1. The number of nitrogens with zero attached hydrogens (tertiary/aromatic N) is 2. The van der Waals surface area contributed by atoms with Crippen LogP contribution in [-0.2, 0) is 42.9 Å². The predicted molar refractivity (Wildman–Crippen MR) is 122 cm³/mol. The molecule has 0 radical (unpaired) electrons. The molecule has 0 N–H and O–H groups in total. The average molecular weight is 523 g/mol. The van der Waals surface area contributed by atoms with Gasteiger partial charge in [0.15, 0.2) is 29.5 Å². The number of Topliss-reactive ketones (excluding diaryl/α,β-unsaturated/α-hetero) is 1. The fraction of sp³-hybridized carbons (Fsp3) is 0.522. The van der Waals surface area contributed by atoms with E-state index in [2.05, 4.69) is 4.98 Å². The van der Waals surface area contributed by atoms with Gasteiger partial charge in [-0.2, -0.15) is 5.26 Å². The van der Waals surface area contributed by atoms with Crippen LogP contribution in [0.2, 0.25) is 0 Å². The van der Waals surface area contributed by atoms with Gasteiger partial charge in [-0.05, 0) is 19.4 Å². The second-order valence-corrected chi connectivity index (χ2v) is 8.92. The molecule has 2 heterocycles. The van der Waals surface area contributed by atoms with Crippen molar-refractivity contribution in [1.82, 2.24) is 4.98 Å². The molecule has 1 aliphatic heterocycles. The van der Waals surface area contributed by atoms with Gasteiger partial charge in [-0.3, -0.25) is 24.0 Å². The van der Waals surface area contributed by atoms with E-state index >= 15 is 0 Å². The largest absolute Gasteiger partial charge is 0.463 e. The van der Waals surface area contributed by atoms with Gasteiger partial charge in [-0.25, -0.2) is 4.98 Å². The number of aromatic nitrogens is 1. The monoisotopic (exact) mass is 522 g/mol. The Kier molecular flexibility index (Phi) is 9.94. The van der Waals surface area contributed by atoms with Crippen LogP contribution in [0.5, 0.6) is 0 Å². The predicted octanol–water partition coefficient (Wildman–Crippen LogP) is 1.64. The summed E-state index contributed by atoms with van der Waals surface area (Å²) in [4.78, 5) is 63.3. The van der Waals surface area contributed by atoms with Crippen molar-refractivity contribution in [2.24, 2.45) is 0 Å². The number of carbonyl (C=O) groups excluding carboxylic acids is 5. The van der Waals surface area contributed by atoms with Crippen molar-refractivity contribution in [3.8, 4) is 6.07 Å². The minimum Gasteiger partial charge on any atom is -0.463 e. The summed E-state index contributed by atoms with van der Waals surface area (Å²) in [6.07, 6.45) is -3.76. The second kappa shape index (κ2) is 12.5. The molecule has 13 heteroatoms. The minimum absolute atomic E-state index is 0.0977. The third-order valence-corrected chi connectivity index (χ3v) is 6.12. The quantitative estimate of drug-likeness (QED) is 0.275. The lowest BCUT2D eigenvalue weighted by Crippen LogP contribution is -2.61. The fourth-order valence-electron chi connectivity index (χ4n) is 3.55. The standard InChI is InChI=1S/C23H26N2O10S/c1-10-16(7-24)22(25-8-17(10)11(2)26)36-23-21(34-15(6)30)20(33-14(5)29)19(32-13(4)28)18(35-23)9-31-12(3)27/h8,18-21,23H,9H2,1-6H3/t18-,19+,20+,21-,23+/m1/s1. The second-order valence-electron chi connectivity index (χ2n) is 7.83. The van der Waals surface area contributed by atoms with E-state index in [9.17, 15) is 29.2 Å². The lowest BCUT2D eigenvalue weighted by atomic mass is 9.99. The summed E-state index contributed by atoms with van der Waals surface area (Å²) >= 11 is 0.874. The van der Waals surface area contributed by atoms with E-state index in [-0.39, 0.29) is 28.5 Å². The van der Waals surface area contributed by atoms with E-state index < -0.39 is 53.7 Å². The lowest BCUT2D eigenvalue weighted by Gasteiger charge is -2.44. The first-order chi connectivity index (χ1) is 16.8. The number of ketones is 1. The molecule has 1 aromatic rings. The fourth-order valence-corrected chi connectivity index (χ4v) is 4.74. The van der Waals surface area contributed by atoms with E-state index in [1.807, 2.05) is 6.07 Å². The molecular formula is C23H26N2O10S. The first-order valence-corrected chi connectivity index (χ1v) is 11.6. The van der Waals surface area contributed by atoms with Gasteiger partial charge in [0.25, 0.3) is 0 Å². The molecule has 0 spiro atoms. The van der Waals surface area contributed by atoms with Gasteiger partial charge in [-0.15, -0.1) is 0 Å². The van der Waals surface area contributed by atoms with Gasteiger partial charge in [0.1, 0.15) is 23.8 Å². The van der Waals surface area contributed by atoms with Crippen molar-refractivity contribution in [1.29, 1.82) is 5.26 Å². The third-order valence-electron chi connectivity index (χ3n) is 4.97. The molecule has 0 aromatic carbocycles. The van der Waals surface area contributed by atoms with Crippen molar-refractivity contribution >= 4 is 41.4 Å². The molecule has 194 valence electrons. The van der Waals surface area contributed by atoms with Gasteiger partial charge in [0.2, 0.25) is 0 Å². The van der Waals surface area contributed by atoms with Crippen LogP contribution in [0.3, 0.4) is 0 Å². The molecule has 0 bridgehead atoms. The highest BCUT2D eigenvalue weighted by molar-refractivity contribution is 7.99. The summed E-state index contributed by atoms with van der Waals surface area (Å²) in [7, 11) is 0. The van der Waals surface area contributed by atoms with E-state index in [0.717, 1.165) is 32.5 Å². The maximum absolute atomic E-state index is 12.0. The topological polar surface area (TPSA) is 168 Å². The SMILES string of the molecule is CC(=O)OC[C@H]1O[C@@H](Sc2ncc(C(C)=O)c(C)c2C#N)[C@H](OC(C)=O)[C@@H](OC(C)=O)[C@H]1OC(C)=O. The van der Waals surface area contributed by atoms with Crippen molar-refractivity contribution in [3.63, 3.8) is 0 Å². The summed E-state index contributed by atoms with van der Waals surface area (Å²) < 4.78 is 27.2. The zero-order valence-electron chi connectivity index (χ0n) is 20.6. The summed E-state index contributed by atoms with van der Waals surface area (Å²) in [6.45, 7) is 7.10. The minimum atomic E-state index is -1.34. The van der Waals surface area contributed by atoms with E-state index in [4.69, 9.17) is 23.7 Å². The zero-order valence-corrected chi connectivity index (χ0v) is 21.4. The maximum Gasteiger partial charge on any atom is 0.303 e. The molecule has 5 atom stereocenters. The molecule has 1 aromatic heterocycles. The Labute approximate surface area is 211 Å². The van der Waals surface area contributed by atoms with Gasteiger partial charge >= 0.3 is 23.9 Å². The van der Waals surface area contributed by atoms with Crippen LogP contribution in [0.15, 0.2) is 11.2 Å². The molecule has 2 rings (SSSR count). The molecule has 0 amide bonds. The van der Waals surface area contributed by atoms with Gasteiger partial charge in [0.05, 0.1) is 5.56 Å². The summed E-state index contributed by atoms with van der Waals surface area (Å²) in [6, 6.07) is 2.01. The van der Waals surface area contributed by atoms with Crippen LogP contribution in [0, 0.1) is 18.3 Å². The zero-order chi connectivity index (χ0) is 27.2. The van der Waals surface area contributed by atoms with Crippen molar-refractivity contribution in [2.75, 3.05) is 6.61 Å². The molecule has 12 nitrogen and oxygen atoms in total. The van der Waals surface area contributed by atoms with Crippen LogP contribution in [0.25, 0.3) is 0 Å². The first-order valence-electron chi connectivity index (χ1n) is 10.7. The Hall–Kier alpha value is -3.50. The highest BCUT2D eigenvalue weighted by atomic mass is 32.2. The maximum atomic E-state index is 12.0. The van der Waals surface area contributed by atoms with Gasteiger partial charge in [0, 0.05) is 39.5 Å². The van der Waals surface area contributed by atoms with Crippen LogP contribution in [0.4, 0.5) is 0 Å². The number of hydrogen-bond acceptors (Lipinski definition) is 13.